The van der Waals surface area contributed by atoms with Crippen molar-refractivity contribution in [3.8, 4) is 0 Å². The van der Waals surface area contributed by atoms with Gasteiger partial charge in [0.2, 0.25) is 0 Å². The predicted octanol–water partition coefficient (Wildman–Crippen LogP) is 5.13. The molecule has 1 fully saturated rings. The number of fused-ring (bicyclic) bond motifs is 1. The summed E-state index contributed by atoms with van der Waals surface area (Å²) < 4.78 is 6.43. The monoisotopic (exact) mass is 452 g/mol. The van der Waals surface area contributed by atoms with E-state index in [0.717, 1.165) is 37.3 Å². The number of benzene rings is 4. The molecule has 4 nitrogen and oxygen atoms in total. The zero-order valence-corrected chi connectivity index (χ0v) is 19.5. The Kier molecular flexibility index (Phi) is 7.20. The number of para-hydroxylation sites is 1. The van der Waals surface area contributed by atoms with Crippen molar-refractivity contribution < 1.29 is 9.84 Å². The van der Waals surface area contributed by atoms with E-state index in [1.807, 2.05) is 18.2 Å². The van der Waals surface area contributed by atoms with E-state index in [0.29, 0.717) is 13.2 Å². The minimum absolute atomic E-state index is 0.225. The molecule has 174 valence electrons. The van der Waals surface area contributed by atoms with Gasteiger partial charge in [0.1, 0.15) is 6.10 Å². The maximum absolute atomic E-state index is 10.9. The molecule has 0 amide bonds. The van der Waals surface area contributed by atoms with Gasteiger partial charge in [0.05, 0.1) is 12.7 Å². The largest absolute Gasteiger partial charge is 0.389 e. The van der Waals surface area contributed by atoms with Crippen LogP contribution >= 0.6 is 0 Å². The highest BCUT2D eigenvalue weighted by molar-refractivity contribution is 5.86. The molecule has 0 bridgehead atoms. The topological polar surface area (TPSA) is 35.9 Å². The van der Waals surface area contributed by atoms with E-state index in [2.05, 4.69) is 94.7 Å². The molecule has 0 aliphatic carbocycles. The van der Waals surface area contributed by atoms with Gasteiger partial charge in [-0.15, -0.1) is 0 Å². The van der Waals surface area contributed by atoms with E-state index >= 15 is 0 Å². The standard InChI is InChI=1S/C30H32N2O2/c33-27(22-31-18-20-32(21-19-31)26-14-5-2-6-15-26)23-34-30(25-11-3-1-4-12-25)29-17-9-13-24-10-7-8-16-28(24)29/h1-17,27,30,33H,18-23H2. The molecule has 0 aromatic heterocycles. The lowest BCUT2D eigenvalue weighted by atomic mass is 9.95. The number of nitrogens with zero attached hydrogens (tertiary/aromatic N) is 2. The SMILES string of the molecule is OC(COC(c1ccccc1)c1cccc2ccccc12)CN1CCN(c2ccccc2)CC1. The first-order valence-corrected chi connectivity index (χ1v) is 12.1. The Morgan fingerprint density at radius 2 is 1.35 bits per heavy atom. The van der Waals surface area contributed by atoms with Crippen molar-refractivity contribution in [2.45, 2.75) is 12.2 Å². The van der Waals surface area contributed by atoms with Crippen LogP contribution in [0.15, 0.2) is 103 Å². The van der Waals surface area contributed by atoms with Gasteiger partial charge >= 0.3 is 0 Å². The number of anilines is 1. The van der Waals surface area contributed by atoms with Gasteiger partial charge in [-0.1, -0.05) is 91.0 Å². The zero-order chi connectivity index (χ0) is 23.2. The molecule has 2 atom stereocenters. The lowest BCUT2D eigenvalue weighted by molar-refractivity contribution is -0.00851. The van der Waals surface area contributed by atoms with E-state index in [1.54, 1.807) is 0 Å². The number of hydrogen-bond donors (Lipinski definition) is 1. The summed E-state index contributed by atoms with van der Waals surface area (Å²) in [5.74, 6) is 0. The average molecular weight is 453 g/mol. The number of rotatable bonds is 8. The summed E-state index contributed by atoms with van der Waals surface area (Å²) in [5.41, 5.74) is 3.50. The predicted molar refractivity (Wildman–Crippen MR) is 139 cm³/mol. The Bertz CT molecular complexity index is 1170. The molecule has 1 N–H and O–H groups in total. The van der Waals surface area contributed by atoms with Crippen LogP contribution in [0.2, 0.25) is 0 Å². The van der Waals surface area contributed by atoms with Gasteiger partial charge in [-0.25, -0.2) is 0 Å². The molecule has 5 rings (SSSR count). The van der Waals surface area contributed by atoms with Crippen molar-refractivity contribution in [3.05, 3.63) is 114 Å². The average Bonchev–Trinajstić information content (AvgIpc) is 2.90. The Morgan fingerprint density at radius 1 is 0.706 bits per heavy atom. The molecule has 0 spiro atoms. The lowest BCUT2D eigenvalue weighted by Crippen LogP contribution is -2.49. The second-order valence-electron chi connectivity index (χ2n) is 8.97. The Labute approximate surface area is 202 Å². The molecule has 1 aliphatic heterocycles. The summed E-state index contributed by atoms with van der Waals surface area (Å²) in [6.45, 7) is 4.75. The fourth-order valence-electron chi connectivity index (χ4n) is 4.86. The summed E-state index contributed by atoms with van der Waals surface area (Å²) in [7, 11) is 0. The van der Waals surface area contributed by atoms with Crippen molar-refractivity contribution in [3.63, 3.8) is 0 Å². The maximum atomic E-state index is 10.9. The van der Waals surface area contributed by atoms with Crippen LogP contribution in [0.5, 0.6) is 0 Å². The van der Waals surface area contributed by atoms with Crippen molar-refractivity contribution >= 4 is 16.5 Å². The quantitative estimate of drug-likeness (QED) is 0.402. The van der Waals surface area contributed by atoms with Gasteiger partial charge in [0, 0.05) is 38.4 Å². The van der Waals surface area contributed by atoms with Crippen LogP contribution < -0.4 is 4.90 Å². The normalized spacial score (nSPS) is 16.4. The molecular formula is C30H32N2O2. The number of piperazine rings is 1. The van der Waals surface area contributed by atoms with Crippen molar-refractivity contribution in [2.75, 3.05) is 44.2 Å². The van der Waals surface area contributed by atoms with E-state index in [1.165, 1.54) is 16.5 Å². The Morgan fingerprint density at radius 3 is 2.12 bits per heavy atom. The number of hydrogen-bond acceptors (Lipinski definition) is 4. The smallest absolute Gasteiger partial charge is 0.108 e. The third-order valence-electron chi connectivity index (χ3n) is 6.63. The fraction of sp³-hybridized carbons (Fsp3) is 0.267. The Balaban J connectivity index is 1.23. The minimum Gasteiger partial charge on any atom is -0.389 e. The second-order valence-corrected chi connectivity index (χ2v) is 8.97. The molecule has 4 heteroatoms. The van der Waals surface area contributed by atoms with Gasteiger partial charge in [-0.3, -0.25) is 4.90 Å². The number of β-amino-alcohol motifs (C(OH)–C–C–N with tert-alkyl or cyclic N) is 1. The van der Waals surface area contributed by atoms with E-state index in [4.69, 9.17) is 4.74 Å². The summed E-state index contributed by atoms with van der Waals surface area (Å²) in [4.78, 5) is 4.74. The molecule has 1 heterocycles. The summed E-state index contributed by atoms with van der Waals surface area (Å²) in [6, 6.07) is 35.6. The molecule has 4 aromatic rings. The molecule has 34 heavy (non-hydrogen) atoms. The van der Waals surface area contributed by atoms with Crippen LogP contribution in [-0.4, -0.2) is 55.4 Å². The van der Waals surface area contributed by atoms with Gasteiger partial charge in [-0.2, -0.15) is 0 Å². The van der Waals surface area contributed by atoms with Crippen molar-refractivity contribution in [1.29, 1.82) is 0 Å². The van der Waals surface area contributed by atoms with Crippen LogP contribution in [0, 0.1) is 0 Å². The first-order chi connectivity index (χ1) is 16.8. The first-order valence-electron chi connectivity index (χ1n) is 12.1. The summed E-state index contributed by atoms with van der Waals surface area (Å²) in [5, 5.41) is 13.2. The van der Waals surface area contributed by atoms with E-state index < -0.39 is 6.10 Å². The highest BCUT2D eigenvalue weighted by atomic mass is 16.5. The molecule has 0 saturated carbocycles. The summed E-state index contributed by atoms with van der Waals surface area (Å²) in [6.07, 6.45) is -0.763. The van der Waals surface area contributed by atoms with Crippen LogP contribution in [0.1, 0.15) is 17.2 Å². The van der Waals surface area contributed by atoms with Gasteiger partial charge in [-0.05, 0) is 34.0 Å². The zero-order valence-electron chi connectivity index (χ0n) is 19.5. The molecule has 2 unspecified atom stereocenters. The van der Waals surface area contributed by atoms with E-state index in [-0.39, 0.29) is 6.10 Å². The third-order valence-corrected chi connectivity index (χ3v) is 6.63. The first kappa shape index (κ1) is 22.6. The van der Waals surface area contributed by atoms with Gasteiger partial charge in [0.15, 0.2) is 0 Å². The van der Waals surface area contributed by atoms with Crippen LogP contribution in [0.3, 0.4) is 0 Å². The highest BCUT2D eigenvalue weighted by Gasteiger charge is 2.22. The lowest BCUT2D eigenvalue weighted by Gasteiger charge is -2.37. The highest BCUT2D eigenvalue weighted by Crippen LogP contribution is 2.32. The van der Waals surface area contributed by atoms with Crippen LogP contribution in [0.25, 0.3) is 10.8 Å². The molecule has 4 aromatic carbocycles. The molecular weight excluding hydrogens is 420 g/mol. The number of aliphatic hydroxyl groups is 1. The fourth-order valence-corrected chi connectivity index (χ4v) is 4.86. The molecule has 0 radical (unpaired) electrons. The van der Waals surface area contributed by atoms with Gasteiger partial charge < -0.3 is 14.7 Å². The van der Waals surface area contributed by atoms with Gasteiger partial charge in [0.25, 0.3) is 0 Å². The van der Waals surface area contributed by atoms with Crippen LogP contribution in [0.4, 0.5) is 5.69 Å². The van der Waals surface area contributed by atoms with E-state index in [9.17, 15) is 5.11 Å². The van der Waals surface area contributed by atoms with Crippen molar-refractivity contribution in [2.24, 2.45) is 0 Å². The number of ether oxygens (including phenoxy) is 1. The summed E-state index contributed by atoms with van der Waals surface area (Å²) >= 11 is 0. The van der Waals surface area contributed by atoms with Crippen LogP contribution in [-0.2, 0) is 4.74 Å². The molecule has 1 aliphatic rings. The third kappa shape index (κ3) is 5.31. The second kappa shape index (κ2) is 10.8. The Hall–Kier alpha value is -3.18. The number of aliphatic hydroxyl groups excluding tert-OH is 1. The molecule has 1 saturated heterocycles. The van der Waals surface area contributed by atoms with Crippen molar-refractivity contribution in [1.82, 2.24) is 4.90 Å². The minimum atomic E-state index is -0.538. The maximum Gasteiger partial charge on any atom is 0.108 e.